The molecule has 0 saturated carbocycles. The topological polar surface area (TPSA) is 47.3 Å². The summed E-state index contributed by atoms with van der Waals surface area (Å²) in [6.45, 7) is 0.119. The summed E-state index contributed by atoms with van der Waals surface area (Å²) in [6, 6.07) is 15.4. The van der Waals surface area contributed by atoms with Crippen LogP contribution in [0.5, 0.6) is 11.5 Å². The molecule has 1 heterocycles. The van der Waals surface area contributed by atoms with Crippen LogP contribution in [0.15, 0.2) is 66.9 Å². The van der Waals surface area contributed by atoms with Crippen molar-refractivity contribution >= 4 is 23.2 Å². The van der Waals surface area contributed by atoms with Crippen molar-refractivity contribution in [1.29, 1.82) is 0 Å². The number of aromatic hydroxyl groups is 1. The van der Waals surface area contributed by atoms with E-state index in [1.807, 2.05) is 0 Å². The van der Waals surface area contributed by atoms with Gasteiger partial charge in [0.1, 0.15) is 18.1 Å². The van der Waals surface area contributed by atoms with Gasteiger partial charge in [-0.1, -0.05) is 41.4 Å². The standard InChI is InChI=1S/C24H17Cl2F3N2O2/c1-31-20(10-11-30-31)17-7-9-21(33-13-14-2-5-16(25)6-3-14)22(23(17)32)15-4-8-19(26)18(12-15)24(27,28)29/h2-12,32H,13H2,1H3. The van der Waals surface area contributed by atoms with Crippen LogP contribution in [0.1, 0.15) is 11.1 Å². The van der Waals surface area contributed by atoms with Crippen molar-refractivity contribution in [2.24, 2.45) is 7.05 Å². The molecule has 170 valence electrons. The number of aromatic nitrogens is 2. The number of phenolic OH excluding ortho intramolecular Hbond substituents is 1. The average Bonchev–Trinajstić information content (AvgIpc) is 3.19. The average molecular weight is 493 g/mol. The summed E-state index contributed by atoms with van der Waals surface area (Å²) in [5, 5.41) is 15.4. The van der Waals surface area contributed by atoms with Gasteiger partial charge in [0.15, 0.2) is 0 Å². The Kier molecular flexibility index (Phi) is 6.28. The summed E-state index contributed by atoms with van der Waals surface area (Å²) >= 11 is 11.7. The van der Waals surface area contributed by atoms with Crippen LogP contribution in [0.3, 0.4) is 0 Å². The molecule has 0 aliphatic heterocycles. The highest BCUT2D eigenvalue weighted by molar-refractivity contribution is 6.31. The van der Waals surface area contributed by atoms with Crippen molar-refractivity contribution in [3.63, 3.8) is 0 Å². The first-order valence-corrected chi connectivity index (χ1v) is 10.5. The van der Waals surface area contributed by atoms with E-state index < -0.39 is 16.8 Å². The maximum absolute atomic E-state index is 13.5. The number of benzene rings is 3. The number of nitrogens with zero attached hydrogens (tertiary/aromatic N) is 2. The Morgan fingerprint density at radius 1 is 1.00 bits per heavy atom. The number of hydrogen-bond donors (Lipinski definition) is 1. The second-order valence-electron chi connectivity index (χ2n) is 7.28. The number of ether oxygens (including phenoxy) is 1. The first-order chi connectivity index (χ1) is 15.6. The molecule has 4 aromatic rings. The second kappa shape index (κ2) is 9.00. The summed E-state index contributed by atoms with van der Waals surface area (Å²) in [7, 11) is 1.70. The van der Waals surface area contributed by atoms with Crippen molar-refractivity contribution in [3.05, 3.63) is 88.0 Å². The van der Waals surface area contributed by atoms with Crippen LogP contribution >= 0.6 is 23.2 Å². The van der Waals surface area contributed by atoms with E-state index in [1.165, 1.54) is 6.07 Å². The van der Waals surface area contributed by atoms with E-state index in [4.69, 9.17) is 27.9 Å². The largest absolute Gasteiger partial charge is 0.506 e. The van der Waals surface area contributed by atoms with Crippen LogP contribution in [0.4, 0.5) is 13.2 Å². The molecule has 4 rings (SSSR count). The maximum atomic E-state index is 13.5. The third-order valence-corrected chi connectivity index (χ3v) is 5.69. The number of halogens is 5. The van der Waals surface area contributed by atoms with Crippen molar-refractivity contribution in [3.8, 4) is 33.9 Å². The van der Waals surface area contributed by atoms with Crippen molar-refractivity contribution in [1.82, 2.24) is 9.78 Å². The molecule has 9 heteroatoms. The van der Waals surface area contributed by atoms with Gasteiger partial charge < -0.3 is 9.84 Å². The number of alkyl halides is 3. The molecule has 0 unspecified atom stereocenters. The summed E-state index contributed by atoms with van der Waals surface area (Å²) in [4.78, 5) is 0. The Balaban J connectivity index is 1.84. The molecule has 0 aliphatic rings. The smallest absolute Gasteiger partial charge is 0.417 e. The highest BCUT2D eigenvalue weighted by Gasteiger charge is 2.34. The molecule has 33 heavy (non-hydrogen) atoms. The monoisotopic (exact) mass is 492 g/mol. The molecule has 0 amide bonds. The van der Waals surface area contributed by atoms with Gasteiger partial charge in [0.25, 0.3) is 0 Å². The molecule has 0 bridgehead atoms. The Hall–Kier alpha value is -3.16. The predicted octanol–water partition coefficient (Wildman–Crippen LogP) is 7.36. The zero-order chi connectivity index (χ0) is 23.8. The van der Waals surface area contributed by atoms with Crippen molar-refractivity contribution < 1.29 is 23.0 Å². The van der Waals surface area contributed by atoms with Crippen LogP contribution < -0.4 is 4.74 Å². The Morgan fingerprint density at radius 2 is 1.73 bits per heavy atom. The lowest BCUT2D eigenvalue weighted by Gasteiger charge is -2.18. The molecular formula is C24H17Cl2F3N2O2. The van der Waals surface area contributed by atoms with E-state index in [1.54, 1.807) is 60.4 Å². The number of rotatable bonds is 5. The van der Waals surface area contributed by atoms with Crippen LogP contribution in [0.25, 0.3) is 22.4 Å². The van der Waals surface area contributed by atoms with E-state index in [0.29, 0.717) is 16.3 Å². The Bertz CT molecular complexity index is 1300. The quantitative estimate of drug-likeness (QED) is 0.316. The lowest BCUT2D eigenvalue weighted by atomic mass is 9.97. The molecule has 0 aliphatic carbocycles. The molecule has 4 nitrogen and oxygen atoms in total. The lowest BCUT2D eigenvalue weighted by molar-refractivity contribution is -0.137. The molecule has 0 spiro atoms. The first-order valence-electron chi connectivity index (χ1n) is 9.74. The first kappa shape index (κ1) is 23.0. The predicted molar refractivity (Wildman–Crippen MR) is 122 cm³/mol. The summed E-state index contributed by atoms with van der Waals surface area (Å²) in [6.07, 6.45) is -3.10. The fourth-order valence-corrected chi connectivity index (χ4v) is 3.81. The number of aryl methyl sites for hydroxylation is 1. The van der Waals surface area contributed by atoms with Crippen LogP contribution in [0.2, 0.25) is 10.0 Å². The normalized spacial score (nSPS) is 11.6. The van der Waals surface area contributed by atoms with Crippen LogP contribution in [-0.4, -0.2) is 14.9 Å². The fourth-order valence-electron chi connectivity index (χ4n) is 3.46. The van der Waals surface area contributed by atoms with Gasteiger partial charge >= 0.3 is 6.18 Å². The second-order valence-corrected chi connectivity index (χ2v) is 8.13. The van der Waals surface area contributed by atoms with E-state index >= 15 is 0 Å². The minimum absolute atomic E-state index is 0.111. The molecular weight excluding hydrogens is 476 g/mol. The highest BCUT2D eigenvalue weighted by atomic mass is 35.5. The van der Waals surface area contributed by atoms with Crippen molar-refractivity contribution in [2.75, 3.05) is 0 Å². The number of hydrogen-bond acceptors (Lipinski definition) is 3. The minimum Gasteiger partial charge on any atom is -0.506 e. The van der Waals surface area contributed by atoms with Gasteiger partial charge in [-0.3, -0.25) is 4.68 Å². The van der Waals surface area contributed by atoms with Gasteiger partial charge in [-0.2, -0.15) is 18.3 Å². The number of phenols is 1. The van der Waals surface area contributed by atoms with Gasteiger partial charge in [-0.25, -0.2) is 0 Å². The molecule has 0 radical (unpaired) electrons. The summed E-state index contributed by atoms with van der Waals surface area (Å²) in [5.74, 6) is -0.0218. The maximum Gasteiger partial charge on any atom is 0.417 e. The summed E-state index contributed by atoms with van der Waals surface area (Å²) < 4.78 is 48.0. The minimum atomic E-state index is -4.66. The highest BCUT2D eigenvalue weighted by Crippen LogP contribution is 2.46. The van der Waals surface area contributed by atoms with Gasteiger partial charge in [-0.15, -0.1) is 0 Å². The fraction of sp³-hybridized carbons (Fsp3) is 0.125. The van der Waals surface area contributed by atoms with Gasteiger partial charge in [0.05, 0.1) is 21.8 Å². The van der Waals surface area contributed by atoms with Crippen molar-refractivity contribution in [2.45, 2.75) is 12.8 Å². The molecule has 0 saturated heterocycles. The zero-order valence-electron chi connectivity index (χ0n) is 17.2. The molecule has 0 fully saturated rings. The Labute approximate surface area is 197 Å². The third-order valence-electron chi connectivity index (χ3n) is 5.10. The van der Waals surface area contributed by atoms with E-state index in [9.17, 15) is 18.3 Å². The Morgan fingerprint density at radius 3 is 2.36 bits per heavy atom. The SMILES string of the molecule is Cn1nccc1-c1ccc(OCc2ccc(Cl)cc2)c(-c2ccc(Cl)c(C(F)(F)F)c2)c1O. The zero-order valence-corrected chi connectivity index (χ0v) is 18.7. The molecule has 3 aromatic carbocycles. The summed E-state index contributed by atoms with van der Waals surface area (Å²) in [5.41, 5.74) is 1.00. The van der Waals surface area contributed by atoms with Gasteiger partial charge in [0, 0.05) is 23.8 Å². The van der Waals surface area contributed by atoms with Crippen LogP contribution in [0, 0.1) is 0 Å². The van der Waals surface area contributed by atoms with Crippen LogP contribution in [-0.2, 0) is 19.8 Å². The third kappa shape index (κ3) is 4.79. The lowest BCUT2D eigenvalue weighted by Crippen LogP contribution is -2.06. The molecule has 1 N–H and O–H groups in total. The van der Waals surface area contributed by atoms with Gasteiger partial charge in [-0.05, 0) is 53.6 Å². The van der Waals surface area contributed by atoms with E-state index in [2.05, 4.69) is 5.10 Å². The van der Waals surface area contributed by atoms with E-state index in [-0.39, 0.29) is 29.2 Å². The van der Waals surface area contributed by atoms with Gasteiger partial charge in [0.2, 0.25) is 0 Å². The molecule has 1 aromatic heterocycles. The molecule has 0 atom stereocenters. The van der Waals surface area contributed by atoms with E-state index in [0.717, 1.165) is 17.7 Å².